The van der Waals surface area contributed by atoms with Gasteiger partial charge in [-0.2, -0.15) is 0 Å². The van der Waals surface area contributed by atoms with Crippen LogP contribution in [0, 0.1) is 0 Å². The molecule has 0 aromatic heterocycles. The molecule has 0 aromatic rings. The highest BCUT2D eigenvalue weighted by Crippen LogP contribution is 1.81. The number of rotatable bonds is 3. The number of hydrogen-bond acceptors (Lipinski definition) is 3. The van der Waals surface area contributed by atoms with Gasteiger partial charge in [0.05, 0.1) is 6.42 Å². The summed E-state index contributed by atoms with van der Waals surface area (Å²) in [5.41, 5.74) is 0. The maximum Gasteiger partial charge on any atom is 0.425 e. The van der Waals surface area contributed by atoms with Crippen molar-refractivity contribution < 1.29 is 14.3 Å². The first-order valence-electron chi connectivity index (χ1n) is 1.99. The highest BCUT2D eigenvalue weighted by molar-refractivity contribution is 5.77. The fourth-order valence-corrected chi connectivity index (χ4v) is 0.206. The summed E-state index contributed by atoms with van der Waals surface area (Å²) in [6.45, 7) is 4.26. The van der Waals surface area contributed by atoms with Gasteiger partial charge in [0.15, 0.2) is 0 Å². The number of hydrogen-bond donors (Lipinski definition) is 0. The van der Waals surface area contributed by atoms with Crippen molar-refractivity contribution in [2.45, 2.75) is 6.42 Å². The molecule has 0 aliphatic heterocycles. The average molecular weight is 113 g/mol. The molecule has 0 aliphatic carbocycles. The Bertz CT molecular complexity index is 94.2. The third kappa shape index (κ3) is 3.08. The standard InChI is InChI=1S/C5H5O3/c1-2-3-5(7)8-4-6/h2H,1,3H2. The fourth-order valence-electron chi connectivity index (χ4n) is 0.206. The molecule has 0 spiro atoms. The van der Waals surface area contributed by atoms with E-state index in [1.807, 2.05) is 0 Å². The lowest BCUT2D eigenvalue weighted by Crippen LogP contribution is -1.99. The molecule has 0 heterocycles. The van der Waals surface area contributed by atoms with E-state index in [1.165, 1.54) is 6.08 Å². The van der Waals surface area contributed by atoms with Crippen LogP contribution in [0.5, 0.6) is 0 Å². The average Bonchev–Trinajstić information content (AvgIpc) is 1.68. The van der Waals surface area contributed by atoms with Gasteiger partial charge in [-0.05, 0) is 0 Å². The van der Waals surface area contributed by atoms with Crippen LogP contribution >= 0.6 is 0 Å². The van der Waals surface area contributed by atoms with Gasteiger partial charge in [0.2, 0.25) is 0 Å². The minimum Gasteiger partial charge on any atom is -0.384 e. The molecule has 3 heteroatoms. The van der Waals surface area contributed by atoms with Crippen molar-refractivity contribution in [2.24, 2.45) is 0 Å². The lowest BCUT2D eigenvalue weighted by atomic mass is 10.4. The van der Waals surface area contributed by atoms with Crippen LogP contribution in [0.15, 0.2) is 12.7 Å². The molecule has 1 radical (unpaired) electrons. The second-order valence-electron chi connectivity index (χ2n) is 1.05. The Kier molecular flexibility index (Phi) is 3.48. The zero-order valence-corrected chi connectivity index (χ0v) is 4.22. The van der Waals surface area contributed by atoms with Crippen LogP contribution in [0.2, 0.25) is 0 Å². The molecule has 0 saturated heterocycles. The van der Waals surface area contributed by atoms with E-state index in [9.17, 15) is 9.59 Å². The van der Waals surface area contributed by atoms with Gasteiger partial charge < -0.3 is 4.74 Å². The van der Waals surface area contributed by atoms with Crippen molar-refractivity contribution in [2.75, 3.05) is 0 Å². The van der Waals surface area contributed by atoms with Gasteiger partial charge in [0.25, 0.3) is 0 Å². The van der Waals surface area contributed by atoms with E-state index in [0.717, 1.165) is 6.47 Å². The third-order valence-corrected chi connectivity index (χ3v) is 0.467. The van der Waals surface area contributed by atoms with Crippen LogP contribution in [0.1, 0.15) is 6.42 Å². The van der Waals surface area contributed by atoms with Gasteiger partial charge in [-0.1, -0.05) is 6.08 Å². The molecule has 0 aromatic carbocycles. The van der Waals surface area contributed by atoms with E-state index < -0.39 is 5.97 Å². The number of esters is 1. The highest BCUT2D eigenvalue weighted by atomic mass is 16.6. The van der Waals surface area contributed by atoms with Gasteiger partial charge in [0, 0.05) is 0 Å². The molecule has 0 fully saturated rings. The van der Waals surface area contributed by atoms with Crippen LogP contribution < -0.4 is 0 Å². The highest BCUT2D eigenvalue weighted by Gasteiger charge is 1.95. The summed E-state index contributed by atoms with van der Waals surface area (Å²) in [5, 5.41) is 0. The SMILES string of the molecule is C=CCC(=O)O[C]=O. The first-order chi connectivity index (χ1) is 3.81. The molecule has 43 valence electrons. The molecular formula is C5H5O3. The van der Waals surface area contributed by atoms with Crippen molar-refractivity contribution in [1.82, 2.24) is 0 Å². The summed E-state index contributed by atoms with van der Waals surface area (Å²) in [5.74, 6) is -0.630. The van der Waals surface area contributed by atoms with E-state index in [2.05, 4.69) is 11.3 Å². The van der Waals surface area contributed by atoms with Crippen LogP contribution in [-0.2, 0) is 14.3 Å². The summed E-state index contributed by atoms with van der Waals surface area (Å²) in [6.07, 6.45) is 1.40. The zero-order chi connectivity index (χ0) is 6.41. The molecule has 0 unspecified atom stereocenters. The smallest absolute Gasteiger partial charge is 0.384 e. The van der Waals surface area contributed by atoms with Crippen LogP contribution in [-0.4, -0.2) is 12.4 Å². The molecule has 3 nitrogen and oxygen atoms in total. The van der Waals surface area contributed by atoms with E-state index in [1.54, 1.807) is 0 Å². The van der Waals surface area contributed by atoms with Crippen molar-refractivity contribution in [3.05, 3.63) is 12.7 Å². The molecule has 0 aliphatic rings. The van der Waals surface area contributed by atoms with Crippen molar-refractivity contribution in [3.63, 3.8) is 0 Å². The maximum atomic E-state index is 10.1. The van der Waals surface area contributed by atoms with Crippen LogP contribution in [0.25, 0.3) is 0 Å². The second-order valence-corrected chi connectivity index (χ2v) is 1.05. The maximum absolute atomic E-state index is 10.1. The lowest BCUT2D eigenvalue weighted by molar-refractivity contribution is -0.134. The van der Waals surface area contributed by atoms with Crippen molar-refractivity contribution in [3.8, 4) is 0 Å². The molecule has 0 rings (SSSR count). The molecule has 0 amide bonds. The molecule has 0 atom stereocenters. The van der Waals surface area contributed by atoms with E-state index in [-0.39, 0.29) is 6.42 Å². The molecular weight excluding hydrogens is 108 g/mol. The molecule has 8 heavy (non-hydrogen) atoms. The quantitative estimate of drug-likeness (QED) is 0.298. The van der Waals surface area contributed by atoms with E-state index in [0.29, 0.717) is 0 Å². The number of carbonyl (C=O) groups excluding carboxylic acids is 2. The van der Waals surface area contributed by atoms with Gasteiger partial charge >= 0.3 is 12.4 Å². The molecule has 0 bridgehead atoms. The summed E-state index contributed by atoms with van der Waals surface area (Å²) in [7, 11) is 0. The Labute approximate surface area is 46.9 Å². The van der Waals surface area contributed by atoms with Crippen LogP contribution in [0.4, 0.5) is 0 Å². The zero-order valence-electron chi connectivity index (χ0n) is 4.22. The van der Waals surface area contributed by atoms with Gasteiger partial charge in [-0.15, -0.1) is 6.58 Å². The Hall–Kier alpha value is -1.12. The lowest BCUT2D eigenvalue weighted by Gasteiger charge is -1.85. The Morgan fingerprint density at radius 3 is 2.88 bits per heavy atom. The first kappa shape index (κ1) is 6.88. The van der Waals surface area contributed by atoms with Gasteiger partial charge in [-0.3, -0.25) is 4.79 Å². The number of carbonyl (C=O) groups is 1. The molecule has 0 N–H and O–H groups in total. The Morgan fingerprint density at radius 2 is 2.50 bits per heavy atom. The van der Waals surface area contributed by atoms with Gasteiger partial charge in [-0.25, -0.2) is 4.79 Å². The van der Waals surface area contributed by atoms with Crippen LogP contribution in [0.3, 0.4) is 0 Å². The third-order valence-electron chi connectivity index (χ3n) is 0.467. The summed E-state index contributed by atoms with van der Waals surface area (Å²) < 4.78 is 3.77. The summed E-state index contributed by atoms with van der Waals surface area (Å²) in [6, 6.07) is 0. The Balaban J connectivity index is 3.32. The second kappa shape index (κ2) is 4.05. The van der Waals surface area contributed by atoms with E-state index in [4.69, 9.17) is 0 Å². The minimum atomic E-state index is -0.630. The predicted octanol–water partition coefficient (Wildman–Crippen LogP) is 0.173. The largest absolute Gasteiger partial charge is 0.425 e. The van der Waals surface area contributed by atoms with Crippen molar-refractivity contribution >= 4 is 12.4 Å². The topological polar surface area (TPSA) is 43.4 Å². The van der Waals surface area contributed by atoms with Crippen molar-refractivity contribution in [1.29, 1.82) is 0 Å². The number of ether oxygens (including phenoxy) is 1. The van der Waals surface area contributed by atoms with Gasteiger partial charge in [0.1, 0.15) is 0 Å². The molecule has 0 saturated carbocycles. The normalized spacial score (nSPS) is 7.50. The minimum absolute atomic E-state index is 0.0508. The summed E-state index contributed by atoms with van der Waals surface area (Å²) >= 11 is 0. The first-order valence-corrected chi connectivity index (χ1v) is 1.99. The Morgan fingerprint density at radius 1 is 1.88 bits per heavy atom. The predicted molar refractivity (Wildman–Crippen MR) is 26.6 cm³/mol. The fraction of sp³-hybridized carbons (Fsp3) is 0.200. The summed E-state index contributed by atoms with van der Waals surface area (Å²) in [4.78, 5) is 19.4. The van der Waals surface area contributed by atoms with E-state index >= 15 is 0 Å². The monoisotopic (exact) mass is 113 g/mol.